The monoisotopic (exact) mass is 211 g/mol. The van der Waals surface area contributed by atoms with Crippen molar-refractivity contribution in [1.29, 1.82) is 0 Å². The van der Waals surface area contributed by atoms with E-state index in [4.69, 9.17) is 9.31 Å². The van der Waals surface area contributed by atoms with Crippen LogP contribution in [0.2, 0.25) is 5.31 Å². The van der Waals surface area contributed by atoms with Gasteiger partial charge in [-0.3, -0.25) is 0 Å². The van der Waals surface area contributed by atoms with Crippen LogP contribution >= 0.6 is 0 Å². The molecule has 15 heavy (non-hydrogen) atoms. The van der Waals surface area contributed by atoms with E-state index in [0.29, 0.717) is 0 Å². The number of hydrogen-bond donors (Lipinski definition) is 1. The molecule has 3 nitrogen and oxygen atoms in total. The van der Waals surface area contributed by atoms with Crippen LogP contribution in [0.15, 0.2) is 0 Å². The summed E-state index contributed by atoms with van der Waals surface area (Å²) in [6.45, 7) is 12.7. The molecule has 0 radical (unpaired) electrons. The molecule has 0 spiro atoms. The van der Waals surface area contributed by atoms with Gasteiger partial charge in [-0.1, -0.05) is 6.92 Å². The van der Waals surface area contributed by atoms with Crippen LogP contribution in [-0.2, 0) is 9.31 Å². The zero-order chi connectivity index (χ0) is 11.3. The normalized spacial score (nSPS) is 38.6. The molecule has 0 aromatic carbocycles. The molecule has 0 aliphatic carbocycles. The molecule has 0 saturated carbocycles. The third kappa shape index (κ3) is 1.73. The Bertz CT molecular complexity index is 243. The minimum atomic E-state index is -0.205. The van der Waals surface area contributed by atoms with Gasteiger partial charge in [0.15, 0.2) is 0 Å². The van der Waals surface area contributed by atoms with Gasteiger partial charge in [-0.25, -0.2) is 0 Å². The lowest BCUT2D eigenvalue weighted by Gasteiger charge is -2.32. The van der Waals surface area contributed by atoms with Gasteiger partial charge in [0.2, 0.25) is 0 Å². The maximum atomic E-state index is 6.09. The number of rotatable bonds is 1. The average Bonchev–Trinajstić information content (AvgIpc) is 2.58. The van der Waals surface area contributed by atoms with Gasteiger partial charge in [-0.05, 0) is 47.2 Å². The molecule has 0 bridgehead atoms. The number of nitrogens with one attached hydrogen (secondary N) is 1. The maximum Gasteiger partial charge on any atom is 0.465 e. The fourth-order valence-electron chi connectivity index (χ4n) is 2.17. The Hall–Kier alpha value is -0.0551. The molecular weight excluding hydrogens is 189 g/mol. The Kier molecular flexibility index (Phi) is 2.45. The van der Waals surface area contributed by atoms with Crippen LogP contribution < -0.4 is 5.32 Å². The van der Waals surface area contributed by atoms with Crippen molar-refractivity contribution in [3.05, 3.63) is 0 Å². The van der Waals surface area contributed by atoms with Crippen LogP contribution in [0.4, 0.5) is 0 Å². The lowest BCUT2D eigenvalue weighted by atomic mass is 9.58. The topological polar surface area (TPSA) is 30.5 Å². The molecule has 86 valence electrons. The zero-order valence-electron chi connectivity index (χ0n) is 10.5. The molecule has 0 amide bonds. The summed E-state index contributed by atoms with van der Waals surface area (Å²) in [5.74, 6) is 0. The Morgan fingerprint density at radius 1 is 1.00 bits per heavy atom. The Morgan fingerprint density at radius 3 is 1.93 bits per heavy atom. The largest absolute Gasteiger partial charge is 0.465 e. The van der Waals surface area contributed by atoms with E-state index in [1.54, 1.807) is 0 Å². The minimum absolute atomic E-state index is 0.0718. The average molecular weight is 211 g/mol. The van der Waals surface area contributed by atoms with E-state index in [0.717, 1.165) is 19.5 Å². The third-order valence-electron chi connectivity index (χ3n) is 4.22. The maximum absolute atomic E-state index is 6.09. The minimum Gasteiger partial charge on any atom is -0.403 e. The molecule has 2 fully saturated rings. The molecule has 1 atom stereocenters. The smallest absolute Gasteiger partial charge is 0.403 e. The van der Waals surface area contributed by atoms with E-state index in [2.05, 4.69) is 39.9 Å². The van der Waals surface area contributed by atoms with Crippen molar-refractivity contribution >= 4 is 7.12 Å². The van der Waals surface area contributed by atoms with Gasteiger partial charge in [0, 0.05) is 5.31 Å². The molecule has 0 aromatic heterocycles. The van der Waals surface area contributed by atoms with Crippen LogP contribution in [0.1, 0.15) is 41.0 Å². The Labute approximate surface area is 93.0 Å². The van der Waals surface area contributed by atoms with Crippen LogP contribution in [0.3, 0.4) is 0 Å². The van der Waals surface area contributed by atoms with Crippen molar-refractivity contribution in [2.24, 2.45) is 0 Å². The van der Waals surface area contributed by atoms with Gasteiger partial charge in [-0.2, -0.15) is 0 Å². The molecule has 2 saturated heterocycles. The van der Waals surface area contributed by atoms with E-state index in [1.165, 1.54) is 0 Å². The van der Waals surface area contributed by atoms with E-state index in [9.17, 15) is 0 Å². The quantitative estimate of drug-likeness (QED) is 0.671. The second-order valence-corrected chi connectivity index (χ2v) is 6.17. The van der Waals surface area contributed by atoms with Crippen LogP contribution in [-0.4, -0.2) is 31.4 Å². The first kappa shape index (κ1) is 11.4. The van der Waals surface area contributed by atoms with Crippen molar-refractivity contribution in [3.8, 4) is 0 Å². The third-order valence-corrected chi connectivity index (χ3v) is 4.22. The number of hydrogen-bond acceptors (Lipinski definition) is 3. The highest BCUT2D eigenvalue weighted by molar-refractivity contribution is 6.49. The van der Waals surface area contributed by atoms with Gasteiger partial charge in [0.05, 0.1) is 11.2 Å². The van der Waals surface area contributed by atoms with Gasteiger partial charge in [-0.15, -0.1) is 0 Å². The summed E-state index contributed by atoms with van der Waals surface area (Å²) in [6.07, 6.45) is 1.13. The summed E-state index contributed by atoms with van der Waals surface area (Å²) in [5, 5.41) is 3.51. The lowest BCUT2D eigenvalue weighted by Crippen LogP contribution is -2.41. The lowest BCUT2D eigenvalue weighted by molar-refractivity contribution is 0.00578. The van der Waals surface area contributed by atoms with Crippen molar-refractivity contribution < 1.29 is 9.31 Å². The molecule has 1 unspecified atom stereocenters. The molecule has 4 heteroatoms. The van der Waals surface area contributed by atoms with Gasteiger partial charge >= 0.3 is 7.12 Å². The summed E-state index contributed by atoms with van der Waals surface area (Å²) in [4.78, 5) is 0. The van der Waals surface area contributed by atoms with Gasteiger partial charge in [0.25, 0.3) is 0 Å². The van der Waals surface area contributed by atoms with Crippen LogP contribution in [0, 0.1) is 0 Å². The highest BCUT2D eigenvalue weighted by atomic mass is 16.7. The predicted molar refractivity (Wildman–Crippen MR) is 61.9 cm³/mol. The first-order chi connectivity index (χ1) is 6.77. The summed E-state index contributed by atoms with van der Waals surface area (Å²) in [6, 6.07) is 0. The van der Waals surface area contributed by atoms with E-state index >= 15 is 0 Å². The molecular formula is C11H22BNO2. The summed E-state index contributed by atoms with van der Waals surface area (Å²) < 4.78 is 12.2. The highest BCUT2D eigenvalue weighted by Crippen LogP contribution is 2.47. The molecule has 1 N–H and O–H groups in total. The zero-order valence-corrected chi connectivity index (χ0v) is 10.5. The van der Waals surface area contributed by atoms with Crippen molar-refractivity contribution in [2.75, 3.05) is 13.1 Å². The second kappa shape index (κ2) is 3.22. The van der Waals surface area contributed by atoms with Gasteiger partial charge in [0.1, 0.15) is 0 Å². The first-order valence-corrected chi connectivity index (χ1v) is 5.83. The summed E-state index contributed by atoms with van der Waals surface area (Å²) in [5.41, 5.74) is -0.410. The van der Waals surface area contributed by atoms with Crippen LogP contribution in [0.25, 0.3) is 0 Å². The SMILES string of the molecule is CC1(B2OC(C)(C)C(C)(C)O2)CCNC1. The highest BCUT2D eigenvalue weighted by Gasteiger charge is 2.58. The Morgan fingerprint density at radius 2 is 1.53 bits per heavy atom. The Balaban J connectivity index is 2.15. The van der Waals surface area contributed by atoms with Crippen molar-refractivity contribution in [3.63, 3.8) is 0 Å². The fraction of sp³-hybridized carbons (Fsp3) is 1.00. The molecule has 2 rings (SSSR count). The molecule has 2 aliphatic rings. The standard InChI is InChI=1S/C11H22BNO2/c1-9(2)10(3,4)15-12(14-9)11(5)6-7-13-8-11/h13H,6-8H2,1-5H3. The van der Waals surface area contributed by atoms with E-state index in [1.807, 2.05) is 0 Å². The summed E-state index contributed by atoms with van der Waals surface area (Å²) >= 11 is 0. The fourth-order valence-corrected chi connectivity index (χ4v) is 2.17. The summed E-state index contributed by atoms with van der Waals surface area (Å²) in [7, 11) is -0.0718. The van der Waals surface area contributed by atoms with Crippen LogP contribution in [0.5, 0.6) is 0 Å². The van der Waals surface area contributed by atoms with E-state index in [-0.39, 0.29) is 23.6 Å². The van der Waals surface area contributed by atoms with Gasteiger partial charge < -0.3 is 14.6 Å². The van der Waals surface area contributed by atoms with Crippen molar-refractivity contribution in [2.45, 2.75) is 57.6 Å². The first-order valence-electron chi connectivity index (χ1n) is 5.83. The second-order valence-electron chi connectivity index (χ2n) is 6.17. The molecule has 0 aromatic rings. The predicted octanol–water partition coefficient (Wildman–Crippen LogP) is 1.83. The molecule has 2 heterocycles. The van der Waals surface area contributed by atoms with E-state index < -0.39 is 0 Å². The molecule has 2 aliphatic heterocycles. The van der Waals surface area contributed by atoms with Crippen molar-refractivity contribution in [1.82, 2.24) is 5.32 Å².